The summed E-state index contributed by atoms with van der Waals surface area (Å²) >= 11 is 6.71. The molecular weight excluding hydrogens is 493 g/mol. The summed E-state index contributed by atoms with van der Waals surface area (Å²) in [6.07, 6.45) is 9.65. The fraction of sp³-hybridized carbons (Fsp3) is 0.536. The Kier molecular flexibility index (Phi) is 5.40. The number of rotatable bonds is 5. The second-order valence-corrected chi connectivity index (χ2v) is 12.1. The molecule has 2 saturated heterocycles. The smallest absolute Gasteiger partial charge is 0.260 e. The van der Waals surface area contributed by atoms with Gasteiger partial charge < -0.3 is 10.1 Å². The number of aromatic nitrogens is 3. The van der Waals surface area contributed by atoms with Gasteiger partial charge in [0.1, 0.15) is 12.0 Å². The van der Waals surface area contributed by atoms with E-state index in [1.54, 1.807) is 12.4 Å². The Balaban J connectivity index is 1.06. The van der Waals surface area contributed by atoms with Crippen LogP contribution in [0.3, 0.4) is 0 Å². The zero-order valence-electron chi connectivity index (χ0n) is 20.9. The molecule has 0 radical (unpaired) electrons. The molecule has 2 aliphatic heterocycles. The summed E-state index contributed by atoms with van der Waals surface area (Å²) in [5.41, 5.74) is 1.27. The Morgan fingerprint density at radius 3 is 2.62 bits per heavy atom. The molecule has 0 unspecified atom stereocenters. The number of amides is 1. The molecule has 5 fully saturated rings. The maximum atomic E-state index is 14.5. The molecule has 2 atom stereocenters. The Hall–Kier alpha value is -2.55. The third kappa shape index (κ3) is 3.79. The third-order valence-corrected chi connectivity index (χ3v) is 9.73. The van der Waals surface area contributed by atoms with E-state index >= 15 is 0 Å². The summed E-state index contributed by atoms with van der Waals surface area (Å²) in [4.78, 5) is 19.6. The number of carbonyl (C=O) groups excluding carboxylic acids is 1. The lowest BCUT2D eigenvalue weighted by Crippen LogP contribution is -2.59. The fourth-order valence-corrected chi connectivity index (χ4v) is 7.12. The van der Waals surface area contributed by atoms with Gasteiger partial charge in [0.05, 0.1) is 36.1 Å². The van der Waals surface area contributed by atoms with Crippen LogP contribution in [0.4, 0.5) is 10.2 Å². The van der Waals surface area contributed by atoms with Crippen LogP contribution in [0.15, 0.2) is 36.8 Å². The average Bonchev–Trinajstić information content (AvgIpc) is 3.45. The Bertz CT molecular complexity index is 1370. The van der Waals surface area contributed by atoms with E-state index in [9.17, 15) is 9.18 Å². The van der Waals surface area contributed by atoms with Crippen LogP contribution in [-0.2, 0) is 10.3 Å². The molecule has 2 bridgehead atoms. The largest absolute Gasteiger partial charge is 0.376 e. The highest BCUT2D eigenvalue weighted by molar-refractivity contribution is 6.32. The summed E-state index contributed by atoms with van der Waals surface area (Å²) in [5, 5.41) is 10.0. The predicted octanol–water partition coefficient (Wildman–Crippen LogP) is 5.15. The number of hydrogen-bond donors (Lipinski definition) is 1. The van der Waals surface area contributed by atoms with Crippen molar-refractivity contribution in [3.05, 3.63) is 52.9 Å². The maximum absolute atomic E-state index is 14.5. The van der Waals surface area contributed by atoms with E-state index in [1.165, 1.54) is 19.3 Å². The van der Waals surface area contributed by atoms with E-state index in [0.29, 0.717) is 23.9 Å². The van der Waals surface area contributed by atoms with Crippen LogP contribution in [0.1, 0.15) is 60.9 Å². The summed E-state index contributed by atoms with van der Waals surface area (Å²) in [6.45, 7) is 4.22. The SMILES string of the molecule is C[C@]1(N2CCC(c3cc4cc(NC(=O)c5cnn(C67CC(C6)C7)c5)ncc4cc3Cl)CC2)COC[C@H]1F. The van der Waals surface area contributed by atoms with E-state index in [1.807, 2.05) is 29.9 Å². The molecule has 3 aliphatic carbocycles. The van der Waals surface area contributed by atoms with Crippen LogP contribution in [0, 0.1) is 5.92 Å². The van der Waals surface area contributed by atoms with Crippen molar-refractivity contribution in [2.45, 2.75) is 62.2 Å². The first-order valence-electron chi connectivity index (χ1n) is 13.3. The number of likely N-dealkylation sites (tertiary alicyclic amines) is 1. The molecule has 0 spiro atoms. The molecule has 1 aromatic carbocycles. The van der Waals surface area contributed by atoms with Crippen LogP contribution in [-0.4, -0.2) is 63.6 Å². The number of hydrogen-bond acceptors (Lipinski definition) is 5. The van der Waals surface area contributed by atoms with Gasteiger partial charge in [-0.3, -0.25) is 14.4 Å². The number of anilines is 1. The lowest BCUT2D eigenvalue weighted by Gasteiger charge is -2.61. The Labute approximate surface area is 220 Å². The lowest BCUT2D eigenvalue weighted by atomic mass is 9.50. The van der Waals surface area contributed by atoms with E-state index in [0.717, 1.165) is 53.2 Å². The second-order valence-electron chi connectivity index (χ2n) is 11.7. The predicted molar refractivity (Wildman–Crippen MR) is 140 cm³/mol. The molecular formula is C28H31ClFN5O2. The molecule has 9 heteroatoms. The molecule has 5 aliphatic rings. The molecule has 7 nitrogen and oxygen atoms in total. The summed E-state index contributed by atoms with van der Waals surface area (Å²) in [5.74, 6) is 1.44. The molecule has 2 aromatic heterocycles. The zero-order valence-corrected chi connectivity index (χ0v) is 21.7. The number of nitrogens with zero attached hydrogens (tertiary/aromatic N) is 4. The van der Waals surface area contributed by atoms with Gasteiger partial charge in [0, 0.05) is 22.8 Å². The molecule has 1 N–H and O–H groups in total. The van der Waals surface area contributed by atoms with Crippen molar-refractivity contribution in [2.24, 2.45) is 5.92 Å². The van der Waals surface area contributed by atoms with Gasteiger partial charge in [0.25, 0.3) is 5.91 Å². The second kappa shape index (κ2) is 8.48. The lowest BCUT2D eigenvalue weighted by molar-refractivity contribution is -0.0978. The minimum absolute atomic E-state index is 0.159. The van der Waals surface area contributed by atoms with Crippen molar-refractivity contribution in [1.29, 1.82) is 0 Å². The van der Waals surface area contributed by atoms with Gasteiger partial charge in [-0.05, 0) is 93.1 Å². The number of alkyl halides is 1. The van der Waals surface area contributed by atoms with Crippen molar-refractivity contribution in [2.75, 3.05) is 31.6 Å². The van der Waals surface area contributed by atoms with Crippen LogP contribution >= 0.6 is 11.6 Å². The van der Waals surface area contributed by atoms with Crippen molar-refractivity contribution in [1.82, 2.24) is 19.7 Å². The molecule has 8 rings (SSSR count). The van der Waals surface area contributed by atoms with E-state index in [4.69, 9.17) is 16.3 Å². The first-order valence-corrected chi connectivity index (χ1v) is 13.6. The van der Waals surface area contributed by atoms with Gasteiger partial charge in [-0.2, -0.15) is 5.10 Å². The first-order chi connectivity index (χ1) is 17.8. The summed E-state index contributed by atoms with van der Waals surface area (Å²) < 4.78 is 21.9. The number of nitrogens with one attached hydrogen (secondary N) is 1. The Morgan fingerprint density at radius 2 is 1.95 bits per heavy atom. The first kappa shape index (κ1) is 23.6. The number of benzene rings is 1. The molecule has 3 aromatic rings. The van der Waals surface area contributed by atoms with Gasteiger partial charge >= 0.3 is 0 Å². The monoisotopic (exact) mass is 523 g/mol. The van der Waals surface area contributed by atoms with Crippen LogP contribution in [0.5, 0.6) is 0 Å². The highest BCUT2D eigenvalue weighted by Gasteiger charge is 2.58. The van der Waals surface area contributed by atoms with E-state index < -0.39 is 11.7 Å². The van der Waals surface area contributed by atoms with Crippen molar-refractivity contribution in [3.8, 4) is 0 Å². The standard InChI is InChI=1S/C28H31ClFN5O2/c1-27(16-37-15-24(27)30)34-4-2-18(3-5-34)22-6-19-8-25(31-12-20(19)7-23(22)29)33-26(36)21-13-32-35(14-21)28-9-17(10-28)11-28/h6-8,12-14,17-18,24H,2-5,9-11,15-16H2,1H3,(H,31,33,36)/t17?,24-,27+,28?/m1/s1. The van der Waals surface area contributed by atoms with Gasteiger partial charge in [0.2, 0.25) is 0 Å². The number of ether oxygens (including phenoxy) is 1. The Morgan fingerprint density at radius 1 is 1.16 bits per heavy atom. The van der Waals surface area contributed by atoms with E-state index in [-0.39, 0.29) is 18.1 Å². The molecule has 37 heavy (non-hydrogen) atoms. The highest BCUT2D eigenvalue weighted by atomic mass is 35.5. The highest BCUT2D eigenvalue weighted by Crippen LogP contribution is 2.61. The van der Waals surface area contributed by atoms with Gasteiger partial charge in [-0.25, -0.2) is 9.37 Å². The number of piperidine rings is 1. The normalized spacial score (nSPS) is 31.8. The fourth-order valence-electron chi connectivity index (χ4n) is 6.80. The number of pyridine rings is 1. The number of halogens is 2. The van der Waals surface area contributed by atoms with Gasteiger partial charge in [-0.1, -0.05) is 11.6 Å². The van der Waals surface area contributed by atoms with Gasteiger partial charge in [-0.15, -0.1) is 0 Å². The number of fused-ring (bicyclic) bond motifs is 1. The van der Waals surface area contributed by atoms with Crippen molar-refractivity contribution >= 4 is 34.1 Å². The maximum Gasteiger partial charge on any atom is 0.260 e. The molecule has 1 amide bonds. The van der Waals surface area contributed by atoms with E-state index in [2.05, 4.69) is 26.4 Å². The van der Waals surface area contributed by atoms with Crippen LogP contribution in [0.2, 0.25) is 5.02 Å². The quantitative estimate of drug-likeness (QED) is 0.500. The van der Waals surface area contributed by atoms with Crippen molar-refractivity contribution in [3.63, 3.8) is 0 Å². The molecule has 3 saturated carbocycles. The van der Waals surface area contributed by atoms with Crippen LogP contribution < -0.4 is 5.32 Å². The average molecular weight is 524 g/mol. The molecule has 194 valence electrons. The minimum atomic E-state index is -0.952. The minimum Gasteiger partial charge on any atom is -0.376 e. The van der Waals surface area contributed by atoms with Crippen molar-refractivity contribution < 1.29 is 13.9 Å². The summed E-state index contributed by atoms with van der Waals surface area (Å²) in [6, 6.07) is 5.97. The number of carbonyl (C=O) groups is 1. The molecule has 4 heterocycles. The zero-order chi connectivity index (χ0) is 25.4. The summed E-state index contributed by atoms with van der Waals surface area (Å²) in [7, 11) is 0. The van der Waals surface area contributed by atoms with Gasteiger partial charge in [0.15, 0.2) is 0 Å². The third-order valence-electron chi connectivity index (χ3n) is 9.41. The van der Waals surface area contributed by atoms with Crippen LogP contribution in [0.25, 0.3) is 10.8 Å². The topological polar surface area (TPSA) is 72.3 Å².